The Labute approximate surface area is 142 Å². The number of anilines is 1. The van der Waals surface area contributed by atoms with Crippen molar-refractivity contribution in [2.45, 2.75) is 20.3 Å². The number of fused-ring (bicyclic) bond motifs is 3. The fourth-order valence-corrected chi connectivity index (χ4v) is 2.40. The van der Waals surface area contributed by atoms with Crippen molar-refractivity contribution in [3.63, 3.8) is 0 Å². The zero-order chi connectivity index (χ0) is 18.0. The van der Waals surface area contributed by atoms with Gasteiger partial charge < -0.3 is 10.1 Å². The molecule has 1 aromatic carbocycles. The average molecular weight is 340 g/mol. The van der Waals surface area contributed by atoms with Gasteiger partial charge in [-0.05, 0) is 25.1 Å². The smallest absolute Gasteiger partial charge is 0.345 e. The number of carbonyl (C=O) groups excluding carboxylic acids is 2. The van der Waals surface area contributed by atoms with Gasteiger partial charge in [0, 0.05) is 23.7 Å². The number of hydrogen-bond donors (Lipinski definition) is 1. The zero-order valence-corrected chi connectivity index (χ0v) is 13.8. The van der Waals surface area contributed by atoms with E-state index in [0.29, 0.717) is 28.7 Å². The highest BCUT2D eigenvalue weighted by atomic mass is 16.5. The molecule has 0 saturated carbocycles. The minimum absolute atomic E-state index is 0.123. The molecule has 0 spiro atoms. The number of benzene rings is 1. The summed E-state index contributed by atoms with van der Waals surface area (Å²) in [6, 6.07) is 5.15. The number of amides is 1. The summed E-state index contributed by atoms with van der Waals surface area (Å²) in [5.41, 5.74) is 0.829. The quantitative estimate of drug-likeness (QED) is 0.573. The van der Waals surface area contributed by atoms with Crippen LogP contribution in [-0.4, -0.2) is 32.9 Å². The van der Waals surface area contributed by atoms with Crippen molar-refractivity contribution in [2.75, 3.05) is 11.9 Å². The number of rotatable bonds is 4. The van der Waals surface area contributed by atoms with Crippen molar-refractivity contribution in [1.82, 2.24) is 14.4 Å². The van der Waals surface area contributed by atoms with Crippen LogP contribution in [0, 0.1) is 0 Å². The van der Waals surface area contributed by atoms with Gasteiger partial charge in [0.1, 0.15) is 17.5 Å². The van der Waals surface area contributed by atoms with Crippen molar-refractivity contribution in [3.05, 3.63) is 46.6 Å². The first-order valence-electron chi connectivity index (χ1n) is 7.82. The van der Waals surface area contributed by atoms with Crippen LogP contribution in [0.4, 0.5) is 5.69 Å². The van der Waals surface area contributed by atoms with Crippen molar-refractivity contribution in [3.8, 4) is 0 Å². The van der Waals surface area contributed by atoms with E-state index in [0.717, 1.165) is 0 Å². The standard InChI is InChI=1S/C17H16N4O4/c1-3-14(22)20-10-5-6-13-11(7-10)15-18-8-12(17(24)25-4-2)16(23)21(15)9-19-13/h5-9H,3-4H2,1-2H3,(H,20,22). The number of ether oxygens (including phenoxy) is 1. The minimum Gasteiger partial charge on any atom is -0.462 e. The Morgan fingerprint density at radius 2 is 2.04 bits per heavy atom. The molecule has 2 aromatic heterocycles. The summed E-state index contributed by atoms with van der Waals surface area (Å²) in [5.74, 6) is -0.847. The second kappa shape index (κ2) is 6.68. The maximum atomic E-state index is 12.5. The maximum absolute atomic E-state index is 12.5. The first kappa shape index (κ1) is 16.6. The van der Waals surface area contributed by atoms with Crippen LogP contribution in [-0.2, 0) is 9.53 Å². The Kier molecular flexibility index (Phi) is 4.42. The zero-order valence-electron chi connectivity index (χ0n) is 13.8. The molecule has 0 saturated heterocycles. The van der Waals surface area contributed by atoms with E-state index >= 15 is 0 Å². The van der Waals surface area contributed by atoms with Gasteiger partial charge in [-0.2, -0.15) is 0 Å². The molecule has 8 nitrogen and oxygen atoms in total. The predicted molar refractivity (Wildman–Crippen MR) is 91.6 cm³/mol. The maximum Gasteiger partial charge on any atom is 0.345 e. The summed E-state index contributed by atoms with van der Waals surface area (Å²) >= 11 is 0. The van der Waals surface area contributed by atoms with Gasteiger partial charge in [-0.3, -0.25) is 9.59 Å². The van der Waals surface area contributed by atoms with Gasteiger partial charge in [0.05, 0.1) is 12.1 Å². The molecule has 0 aliphatic carbocycles. The van der Waals surface area contributed by atoms with Gasteiger partial charge in [-0.15, -0.1) is 0 Å². The molecule has 25 heavy (non-hydrogen) atoms. The lowest BCUT2D eigenvalue weighted by Crippen LogP contribution is -2.24. The van der Waals surface area contributed by atoms with Crippen LogP contribution in [0.1, 0.15) is 30.6 Å². The second-order valence-corrected chi connectivity index (χ2v) is 5.27. The van der Waals surface area contributed by atoms with E-state index in [1.54, 1.807) is 32.0 Å². The van der Waals surface area contributed by atoms with E-state index < -0.39 is 11.5 Å². The Morgan fingerprint density at radius 1 is 1.24 bits per heavy atom. The lowest BCUT2D eigenvalue weighted by Gasteiger charge is -2.08. The van der Waals surface area contributed by atoms with Crippen LogP contribution in [0.3, 0.4) is 0 Å². The minimum atomic E-state index is -0.724. The molecule has 0 aliphatic rings. The predicted octanol–water partition coefficient (Wildman–Crippen LogP) is 1.77. The first-order chi connectivity index (χ1) is 12.0. The normalized spacial score (nSPS) is 10.8. The van der Waals surface area contributed by atoms with Gasteiger partial charge in [-0.1, -0.05) is 6.92 Å². The van der Waals surface area contributed by atoms with Crippen molar-refractivity contribution >= 4 is 34.1 Å². The lowest BCUT2D eigenvalue weighted by molar-refractivity contribution is -0.115. The summed E-state index contributed by atoms with van der Waals surface area (Å²) in [6.45, 7) is 3.58. The largest absolute Gasteiger partial charge is 0.462 e. The highest BCUT2D eigenvalue weighted by Gasteiger charge is 2.16. The van der Waals surface area contributed by atoms with Crippen molar-refractivity contribution in [1.29, 1.82) is 0 Å². The van der Waals surface area contributed by atoms with E-state index in [9.17, 15) is 14.4 Å². The van der Waals surface area contributed by atoms with E-state index in [-0.39, 0.29) is 18.1 Å². The Hall–Kier alpha value is -3.29. The molecule has 0 atom stereocenters. The third-order valence-electron chi connectivity index (χ3n) is 3.64. The summed E-state index contributed by atoms with van der Waals surface area (Å²) < 4.78 is 6.05. The molecule has 0 aliphatic heterocycles. The van der Waals surface area contributed by atoms with E-state index in [1.165, 1.54) is 16.9 Å². The van der Waals surface area contributed by atoms with E-state index in [4.69, 9.17) is 4.74 Å². The average Bonchev–Trinajstić information content (AvgIpc) is 2.61. The highest BCUT2D eigenvalue weighted by molar-refractivity contribution is 5.98. The Morgan fingerprint density at radius 3 is 2.76 bits per heavy atom. The summed E-state index contributed by atoms with van der Waals surface area (Å²) in [7, 11) is 0. The number of hydrogen-bond acceptors (Lipinski definition) is 6. The SMILES string of the molecule is CCOC(=O)c1cnc2c3cc(NC(=O)CC)ccc3ncn2c1=O. The van der Waals surface area contributed by atoms with Crippen LogP contribution in [0.15, 0.2) is 35.5 Å². The number of nitrogens with one attached hydrogen (secondary N) is 1. The summed E-state index contributed by atoms with van der Waals surface area (Å²) in [5, 5.41) is 3.34. The van der Waals surface area contributed by atoms with E-state index in [1.807, 2.05) is 0 Å². The fourth-order valence-electron chi connectivity index (χ4n) is 2.40. The number of aromatic nitrogens is 3. The van der Waals surface area contributed by atoms with Crippen LogP contribution in [0.2, 0.25) is 0 Å². The Bertz CT molecular complexity index is 1040. The molecule has 0 radical (unpaired) electrons. The van der Waals surface area contributed by atoms with Gasteiger partial charge in [0.15, 0.2) is 0 Å². The third kappa shape index (κ3) is 3.06. The monoisotopic (exact) mass is 340 g/mol. The number of esters is 1. The topological polar surface area (TPSA) is 103 Å². The molecule has 0 unspecified atom stereocenters. The number of carbonyl (C=O) groups is 2. The van der Waals surface area contributed by atoms with Crippen LogP contribution < -0.4 is 10.9 Å². The third-order valence-corrected chi connectivity index (χ3v) is 3.64. The summed E-state index contributed by atoms with van der Waals surface area (Å²) in [6.07, 6.45) is 2.87. The van der Waals surface area contributed by atoms with Gasteiger partial charge in [-0.25, -0.2) is 19.2 Å². The van der Waals surface area contributed by atoms with E-state index in [2.05, 4.69) is 15.3 Å². The highest BCUT2D eigenvalue weighted by Crippen LogP contribution is 2.20. The molecule has 128 valence electrons. The molecule has 2 heterocycles. The molecule has 8 heteroatoms. The summed E-state index contributed by atoms with van der Waals surface area (Å²) in [4.78, 5) is 44.4. The van der Waals surface area contributed by atoms with Crippen molar-refractivity contribution in [2.24, 2.45) is 0 Å². The molecule has 3 aromatic rings. The molecule has 3 rings (SSSR count). The second-order valence-electron chi connectivity index (χ2n) is 5.27. The Balaban J connectivity index is 2.18. The van der Waals surface area contributed by atoms with Gasteiger partial charge >= 0.3 is 5.97 Å². The molecule has 0 fully saturated rings. The molecule has 0 bridgehead atoms. The number of nitrogens with zero attached hydrogens (tertiary/aromatic N) is 3. The van der Waals surface area contributed by atoms with Crippen LogP contribution >= 0.6 is 0 Å². The van der Waals surface area contributed by atoms with Gasteiger partial charge in [0.25, 0.3) is 5.56 Å². The van der Waals surface area contributed by atoms with Crippen LogP contribution in [0.25, 0.3) is 16.6 Å². The molecular formula is C17H16N4O4. The fraction of sp³-hybridized carbons (Fsp3) is 0.235. The molecule has 1 N–H and O–H groups in total. The first-order valence-corrected chi connectivity index (χ1v) is 7.82. The van der Waals surface area contributed by atoms with Crippen molar-refractivity contribution < 1.29 is 14.3 Å². The lowest BCUT2D eigenvalue weighted by atomic mass is 10.2. The molecular weight excluding hydrogens is 324 g/mol. The molecule has 1 amide bonds. The van der Waals surface area contributed by atoms with Crippen LogP contribution in [0.5, 0.6) is 0 Å². The van der Waals surface area contributed by atoms with Gasteiger partial charge in [0.2, 0.25) is 5.91 Å².